The van der Waals surface area contributed by atoms with Gasteiger partial charge in [0.1, 0.15) is 0 Å². The molecule has 1 saturated carbocycles. The molecule has 2 rings (SSSR count). The third-order valence-electron chi connectivity index (χ3n) is 4.19. The Labute approximate surface area is 103 Å². The molecule has 1 heterocycles. The maximum absolute atomic E-state index is 12.1. The van der Waals surface area contributed by atoms with Gasteiger partial charge in [-0.1, -0.05) is 0 Å². The van der Waals surface area contributed by atoms with Crippen LogP contribution in [0.3, 0.4) is 0 Å². The second-order valence-corrected chi connectivity index (χ2v) is 5.71. The van der Waals surface area contributed by atoms with Crippen LogP contribution in [0.5, 0.6) is 0 Å². The third-order valence-corrected chi connectivity index (χ3v) is 4.19. The van der Waals surface area contributed by atoms with Crippen LogP contribution in [0.2, 0.25) is 0 Å². The summed E-state index contributed by atoms with van der Waals surface area (Å²) in [5, 5.41) is 0. The zero-order valence-corrected chi connectivity index (χ0v) is 10.8. The van der Waals surface area contributed by atoms with Crippen molar-refractivity contribution in [1.82, 2.24) is 4.90 Å². The van der Waals surface area contributed by atoms with Gasteiger partial charge in [0.05, 0.1) is 0 Å². The van der Waals surface area contributed by atoms with Crippen molar-refractivity contribution in [3.8, 4) is 0 Å². The molecule has 0 radical (unpaired) electrons. The van der Waals surface area contributed by atoms with Crippen molar-refractivity contribution in [2.45, 2.75) is 32.1 Å². The molecule has 1 aliphatic carbocycles. The molecule has 1 aliphatic heterocycles. The number of ether oxygens (including phenoxy) is 1. The molecule has 2 aliphatic rings. The maximum atomic E-state index is 12.1. The Hall–Kier alpha value is -0.610. The van der Waals surface area contributed by atoms with Gasteiger partial charge in [0.15, 0.2) is 0 Å². The van der Waals surface area contributed by atoms with E-state index in [1.165, 1.54) is 12.8 Å². The van der Waals surface area contributed by atoms with Gasteiger partial charge in [0.2, 0.25) is 5.91 Å². The molecule has 4 heteroatoms. The number of nitrogens with zero attached hydrogens (tertiary/aromatic N) is 1. The van der Waals surface area contributed by atoms with Gasteiger partial charge in [-0.25, -0.2) is 0 Å². The van der Waals surface area contributed by atoms with Gasteiger partial charge in [-0.3, -0.25) is 4.79 Å². The quantitative estimate of drug-likeness (QED) is 0.780. The molecule has 98 valence electrons. The number of amides is 1. The van der Waals surface area contributed by atoms with Crippen LogP contribution in [-0.2, 0) is 9.53 Å². The smallest absolute Gasteiger partial charge is 0.222 e. The molecule has 0 aromatic carbocycles. The van der Waals surface area contributed by atoms with Crippen molar-refractivity contribution >= 4 is 5.91 Å². The highest BCUT2D eigenvalue weighted by molar-refractivity contribution is 5.76. The molecule has 0 aromatic heterocycles. The normalized spacial score (nSPS) is 23.4. The highest BCUT2D eigenvalue weighted by Gasteiger charge is 2.42. The van der Waals surface area contributed by atoms with Crippen molar-refractivity contribution in [3.63, 3.8) is 0 Å². The zero-order valence-electron chi connectivity index (χ0n) is 10.8. The average molecular weight is 240 g/mol. The molecule has 0 spiro atoms. The lowest BCUT2D eigenvalue weighted by Gasteiger charge is -2.26. The van der Waals surface area contributed by atoms with Crippen LogP contribution in [0.4, 0.5) is 0 Å². The highest BCUT2D eigenvalue weighted by Crippen LogP contribution is 2.45. The van der Waals surface area contributed by atoms with E-state index in [9.17, 15) is 4.79 Å². The number of carbonyl (C=O) groups is 1. The molecule has 0 aromatic rings. The molecule has 1 amide bonds. The first-order valence-corrected chi connectivity index (χ1v) is 6.67. The molecule has 2 N–H and O–H groups in total. The lowest BCUT2D eigenvalue weighted by atomic mass is 9.95. The predicted molar refractivity (Wildman–Crippen MR) is 66.5 cm³/mol. The Morgan fingerprint density at radius 1 is 1.41 bits per heavy atom. The fourth-order valence-corrected chi connectivity index (χ4v) is 2.55. The minimum absolute atomic E-state index is 0.250. The Bertz CT molecular complexity index is 271. The number of rotatable bonds is 5. The molecule has 17 heavy (non-hydrogen) atoms. The standard InChI is InChI=1S/C13H24N2O2/c1-15(10-13(9-14)4-5-13)12(16)8-11-2-6-17-7-3-11/h11H,2-10,14H2,1H3. The van der Waals surface area contributed by atoms with E-state index in [-0.39, 0.29) is 11.3 Å². The van der Waals surface area contributed by atoms with Crippen LogP contribution in [0.25, 0.3) is 0 Å². The van der Waals surface area contributed by atoms with Gasteiger partial charge >= 0.3 is 0 Å². The number of nitrogens with two attached hydrogens (primary N) is 1. The molecule has 0 bridgehead atoms. The molecule has 0 atom stereocenters. The van der Waals surface area contributed by atoms with E-state index in [2.05, 4.69) is 0 Å². The monoisotopic (exact) mass is 240 g/mol. The summed E-state index contributed by atoms with van der Waals surface area (Å²) < 4.78 is 5.31. The Kier molecular flexibility index (Phi) is 4.05. The van der Waals surface area contributed by atoms with Gasteiger partial charge < -0.3 is 15.4 Å². The minimum atomic E-state index is 0.250. The first-order valence-electron chi connectivity index (χ1n) is 6.67. The molecular weight excluding hydrogens is 216 g/mol. The highest BCUT2D eigenvalue weighted by atomic mass is 16.5. The minimum Gasteiger partial charge on any atom is -0.381 e. The zero-order chi connectivity index (χ0) is 12.3. The lowest BCUT2D eigenvalue weighted by molar-refractivity contribution is -0.132. The summed E-state index contributed by atoms with van der Waals surface area (Å²) in [5.41, 5.74) is 6.00. The second kappa shape index (κ2) is 5.36. The van der Waals surface area contributed by atoms with Gasteiger partial charge in [-0.15, -0.1) is 0 Å². The van der Waals surface area contributed by atoms with Gasteiger partial charge in [0.25, 0.3) is 0 Å². The summed E-state index contributed by atoms with van der Waals surface area (Å²) in [4.78, 5) is 14.0. The Morgan fingerprint density at radius 2 is 2.06 bits per heavy atom. The molecule has 0 unspecified atom stereocenters. The van der Waals surface area contributed by atoms with E-state index in [1.54, 1.807) is 0 Å². The number of hydrogen-bond donors (Lipinski definition) is 1. The van der Waals surface area contributed by atoms with Crippen LogP contribution < -0.4 is 5.73 Å². The Balaban J connectivity index is 1.74. The summed E-state index contributed by atoms with van der Waals surface area (Å²) in [5.74, 6) is 0.795. The fourth-order valence-electron chi connectivity index (χ4n) is 2.55. The third kappa shape index (κ3) is 3.42. The van der Waals surface area contributed by atoms with E-state index in [1.807, 2.05) is 11.9 Å². The fraction of sp³-hybridized carbons (Fsp3) is 0.923. The average Bonchev–Trinajstić information content (AvgIpc) is 3.11. The van der Waals surface area contributed by atoms with Crippen LogP contribution in [0.15, 0.2) is 0 Å². The van der Waals surface area contributed by atoms with Crippen LogP contribution in [-0.4, -0.2) is 44.2 Å². The summed E-state index contributed by atoms with van der Waals surface area (Å²) in [6.07, 6.45) is 5.10. The summed E-state index contributed by atoms with van der Waals surface area (Å²) in [7, 11) is 1.91. The van der Waals surface area contributed by atoms with E-state index < -0.39 is 0 Å². The SMILES string of the molecule is CN(CC1(CN)CC1)C(=O)CC1CCOCC1. The predicted octanol–water partition coefficient (Wildman–Crippen LogP) is 1.00. The van der Waals surface area contributed by atoms with Crippen LogP contribution in [0, 0.1) is 11.3 Å². The van der Waals surface area contributed by atoms with Gasteiger partial charge in [0, 0.05) is 38.6 Å². The van der Waals surface area contributed by atoms with Crippen molar-refractivity contribution in [3.05, 3.63) is 0 Å². The van der Waals surface area contributed by atoms with E-state index in [4.69, 9.17) is 10.5 Å². The number of hydrogen-bond acceptors (Lipinski definition) is 3. The summed E-state index contributed by atoms with van der Waals surface area (Å²) >= 11 is 0. The van der Waals surface area contributed by atoms with Crippen LogP contribution in [0.1, 0.15) is 32.1 Å². The van der Waals surface area contributed by atoms with Crippen molar-refractivity contribution < 1.29 is 9.53 Å². The number of carbonyl (C=O) groups excluding carboxylic acids is 1. The first-order chi connectivity index (χ1) is 8.15. The van der Waals surface area contributed by atoms with Gasteiger partial charge in [-0.2, -0.15) is 0 Å². The van der Waals surface area contributed by atoms with E-state index in [0.717, 1.165) is 32.6 Å². The summed E-state index contributed by atoms with van der Waals surface area (Å²) in [6, 6.07) is 0. The molecule has 2 fully saturated rings. The second-order valence-electron chi connectivity index (χ2n) is 5.71. The van der Waals surface area contributed by atoms with E-state index in [0.29, 0.717) is 18.9 Å². The lowest BCUT2D eigenvalue weighted by Crippen LogP contribution is -2.37. The largest absolute Gasteiger partial charge is 0.381 e. The molecule has 1 saturated heterocycles. The van der Waals surface area contributed by atoms with Crippen molar-refractivity contribution in [2.75, 3.05) is 33.4 Å². The maximum Gasteiger partial charge on any atom is 0.222 e. The Morgan fingerprint density at radius 3 is 2.59 bits per heavy atom. The topological polar surface area (TPSA) is 55.6 Å². The van der Waals surface area contributed by atoms with Crippen molar-refractivity contribution in [1.29, 1.82) is 0 Å². The van der Waals surface area contributed by atoms with Gasteiger partial charge in [-0.05, 0) is 38.1 Å². The van der Waals surface area contributed by atoms with E-state index >= 15 is 0 Å². The summed E-state index contributed by atoms with van der Waals surface area (Å²) in [6.45, 7) is 3.18. The molecular formula is C13H24N2O2. The van der Waals surface area contributed by atoms with Crippen LogP contribution >= 0.6 is 0 Å². The molecule has 4 nitrogen and oxygen atoms in total. The first kappa shape index (κ1) is 12.8. The van der Waals surface area contributed by atoms with Crippen molar-refractivity contribution in [2.24, 2.45) is 17.1 Å².